The quantitative estimate of drug-likeness (QED) is 0.846. The van der Waals surface area contributed by atoms with Gasteiger partial charge in [-0.15, -0.1) is 0 Å². The summed E-state index contributed by atoms with van der Waals surface area (Å²) in [6.07, 6.45) is 0. The molecule has 2 aromatic carbocycles. The molecule has 1 aliphatic heterocycles. The van der Waals surface area contributed by atoms with E-state index >= 15 is 0 Å². The summed E-state index contributed by atoms with van der Waals surface area (Å²) < 4.78 is 0. The van der Waals surface area contributed by atoms with Crippen molar-refractivity contribution in [2.45, 2.75) is 20.4 Å². The Morgan fingerprint density at radius 3 is 2.45 bits per heavy atom. The van der Waals surface area contributed by atoms with Crippen LogP contribution in [0.1, 0.15) is 25.0 Å². The number of hydrogen-bond donors (Lipinski definition) is 0. The molecule has 22 heavy (non-hydrogen) atoms. The van der Waals surface area contributed by atoms with Crippen LogP contribution in [0, 0.1) is 5.92 Å². The average molecular weight is 292 g/mol. The Morgan fingerprint density at radius 1 is 1.05 bits per heavy atom. The van der Waals surface area contributed by atoms with Gasteiger partial charge >= 0.3 is 0 Å². The number of para-hydroxylation sites is 1. The molecular formula is C19H20N2O. The van der Waals surface area contributed by atoms with Crippen LogP contribution in [0.3, 0.4) is 0 Å². The maximum atomic E-state index is 12.9. The smallest absolute Gasteiger partial charge is 0.273 e. The van der Waals surface area contributed by atoms with E-state index in [0.717, 1.165) is 23.4 Å². The highest BCUT2D eigenvalue weighted by molar-refractivity contribution is 6.45. The summed E-state index contributed by atoms with van der Waals surface area (Å²) in [5, 5.41) is 0. The molecule has 3 heteroatoms. The standard InChI is InChI=1S/C19H20N2O/c1-14(2)12-21-13-16-10-6-7-11-17(16)20-18(19(21)22)15-8-4-3-5-9-15/h3-11,14H,12-13H2,1-2H3. The fourth-order valence-corrected chi connectivity index (χ4v) is 2.72. The van der Waals surface area contributed by atoms with Gasteiger partial charge in [0.05, 0.1) is 5.69 Å². The van der Waals surface area contributed by atoms with Gasteiger partial charge in [-0.3, -0.25) is 4.79 Å². The van der Waals surface area contributed by atoms with Gasteiger partial charge in [0.1, 0.15) is 5.71 Å². The molecule has 0 aromatic heterocycles. The Labute approximate surface area is 131 Å². The van der Waals surface area contributed by atoms with Crippen molar-refractivity contribution in [3.05, 3.63) is 65.7 Å². The first-order valence-electron chi connectivity index (χ1n) is 7.66. The number of rotatable bonds is 3. The number of carbonyl (C=O) groups is 1. The molecule has 1 amide bonds. The lowest BCUT2D eigenvalue weighted by Crippen LogP contribution is -2.37. The molecule has 0 saturated heterocycles. The number of amides is 1. The molecule has 0 atom stereocenters. The van der Waals surface area contributed by atoms with Crippen molar-refractivity contribution < 1.29 is 4.79 Å². The number of fused-ring (bicyclic) bond motifs is 1. The molecule has 1 aliphatic rings. The van der Waals surface area contributed by atoms with Crippen LogP contribution in [0.25, 0.3) is 0 Å². The minimum absolute atomic E-state index is 0.0103. The van der Waals surface area contributed by atoms with Crippen molar-refractivity contribution >= 4 is 17.3 Å². The summed E-state index contributed by atoms with van der Waals surface area (Å²) in [7, 11) is 0. The molecule has 0 bridgehead atoms. The van der Waals surface area contributed by atoms with Crippen LogP contribution in [-0.4, -0.2) is 23.1 Å². The lowest BCUT2D eigenvalue weighted by atomic mass is 10.1. The average Bonchev–Trinajstić information content (AvgIpc) is 2.65. The maximum Gasteiger partial charge on any atom is 0.273 e. The third kappa shape index (κ3) is 2.93. The van der Waals surface area contributed by atoms with Crippen molar-refractivity contribution in [2.75, 3.05) is 6.54 Å². The molecule has 0 N–H and O–H groups in total. The largest absolute Gasteiger partial charge is 0.333 e. The normalized spacial score (nSPS) is 14.6. The van der Waals surface area contributed by atoms with Crippen molar-refractivity contribution in [2.24, 2.45) is 10.9 Å². The van der Waals surface area contributed by atoms with Crippen LogP contribution >= 0.6 is 0 Å². The second kappa shape index (κ2) is 6.14. The third-order valence-electron chi connectivity index (χ3n) is 3.71. The molecule has 3 nitrogen and oxygen atoms in total. The molecule has 0 radical (unpaired) electrons. The first kappa shape index (κ1) is 14.5. The van der Waals surface area contributed by atoms with E-state index in [4.69, 9.17) is 0 Å². The van der Waals surface area contributed by atoms with Crippen molar-refractivity contribution in [3.8, 4) is 0 Å². The summed E-state index contributed by atoms with van der Waals surface area (Å²) >= 11 is 0. The molecular weight excluding hydrogens is 272 g/mol. The summed E-state index contributed by atoms with van der Waals surface area (Å²) in [5.41, 5.74) is 3.40. The van der Waals surface area contributed by atoms with E-state index in [0.29, 0.717) is 18.2 Å². The zero-order valence-corrected chi connectivity index (χ0v) is 13.0. The second-order valence-electron chi connectivity index (χ2n) is 6.03. The van der Waals surface area contributed by atoms with E-state index in [1.54, 1.807) is 0 Å². The minimum Gasteiger partial charge on any atom is -0.333 e. The molecule has 0 fully saturated rings. The van der Waals surface area contributed by atoms with Gasteiger partial charge in [-0.1, -0.05) is 62.4 Å². The third-order valence-corrected chi connectivity index (χ3v) is 3.71. The van der Waals surface area contributed by atoms with E-state index in [2.05, 4.69) is 18.8 Å². The topological polar surface area (TPSA) is 32.7 Å². The van der Waals surface area contributed by atoms with Gasteiger partial charge in [0, 0.05) is 18.7 Å². The van der Waals surface area contributed by atoms with E-state index < -0.39 is 0 Å². The summed E-state index contributed by atoms with van der Waals surface area (Å²) in [5.74, 6) is 0.433. The predicted molar refractivity (Wildman–Crippen MR) is 89.3 cm³/mol. The second-order valence-corrected chi connectivity index (χ2v) is 6.03. The summed E-state index contributed by atoms with van der Waals surface area (Å²) in [4.78, 5) is 19.5. The highest BCUT2D eigenvalue weighted by atomic mass is 16.2. The molecule has 1 heterocycles. The zero-order valence-electron chi connectivity index (χ0n) is 13.0. The fraction of sp³-hybridized carbons (Fsp3) is 0.263. The number of nitrogens with zero attached hydrogens (tertiary/aromatic N) is 2. The van der Waals surface area contributed by atoms with Crippen molar-refractivity contribution in [3.63, 3.8) is 0 Å². The monoisotopic (exact) mass is 292 g/mol. The van der Waals surface area contributed by atoms with E-state index in [9.17, 15) is 4.79 Å². The molecule has 0 spiro atoms. The molecule has 3 rings (SSSR count). The van der Waals surface area contributed by atoms with Crippen molar-refractivity contribution in [1.82, 2.24) is 4.90 Å². The number of aliphatic imine (C=N–C) groups is 1. The van der Waals surface area contributed by atoms with Gasteiger partial charge < -0.3 is 4.90 Å². The van der Waals surface area contributed by atoms with Crippen LogP contribution in [0.2, 0.25) is 0 Å². The number of hydrogen-bond acceptors (Lipinski definition) is 2. The van der Waals surface area contributed by atoms with E-state index in [-0.39, 0.29) is 5.91 Å². The lowest BCUT2D eigenvalue weighted by Gasteiger charge is -2.23. The number of carbonyl (C=O) groups excluding carboxylic acids is 1. The molecule has 0 unspecified atom stereocenters. The van der Waals surface area contributed by atoms with Crippen LogP contribution < -0.4 is 0 Å². The SMILES string of the molecule is CC(C)CN1Cc2ccccc2N=C(c2ccccc2)C1=O. The lowest BCUT2D eigenvalue weighted by molar-refractivity contribution is -0.125. The van der Waals surface area contributed by atoms with Gasteiger partial charge in [0.25, 0.3) is 5.91 Å². The summed E-state index contributed by atoms with van der Waals surface area (Å²) in [6.45, 7) is 5.61. The van der Waals surface area contributed by atoms with Crippen LogP contribution in [-0.2, 0) is 11.3 Å². The summed E-state index contributed by atoms with van der Waals surface area (Å²) in [6, 6.07) is 17.7. The van der Waals surface area contributed by atoms with Gasteiger partial charge in [0.15, 0.2) is 0 Å². The van der Waals surface area contributed by atoms with Gasteiger partial charge in [-0.05, 0) is 17.5 Å². The molecule has 112 valence electrons. The first-order valence-corrected chi connectivity index (χ1v) is 7.66. The van der Waals surface area contributed by atoms with Crippen molar-refractivity contribution in [1.29, 1.82) is 0 Å². The van der Waals surface area contributed by atoms with Gasteiger partial charge in [-0.25, -0.2) is 4.99 Å². The number of benzene rings is 2. The minimum atomic E-state index is 0.0103. The molecule has 2 aromatic rings. The van der Waals surface area contributed by atoms with Crippen LogP contribution in [0.15, 0.2) is 59.6 Å². The van der Waals surface area contributed by atoms with E-state index in [1.807, 2.05) is 59.5 Å². The van der Waals surface area contributed by atoms with Gasteiger partial charge in [0.2, 0.25) is 0 Å². The highest BCUT2D eigenvalue weighted by Gasteiger charge is 2.26. The Morgan fingerprint density at radius 2 is 1.73 bits per heavy atom. The Kier molecular flexibility index (Phi) is 4.05. The highest BCUT2D eigenvalue weighted by Crippen LogP contribution is 2.26. The zero-order chi connectivity index (χ0) is 15.5. The Bertz CT molecular complexity index is 704. The fourth-order valence-electron chi connectivity index (χ4n) is 2.72. The van der Waals surface area contributed by atoms with Crippen LogP contribution in [0.4, 0.5) is 5.69 Å². The Hall–Kier alpha value is -2.42. The Balaban J connectivity index is 2.09. The predicted octanol–water partition coefficient (Wildman–Crippen LogP) is 3.81. The van der Waals surface area contributed by atoms with E-state index in [1.165, 1.54) is 0 Å². The molecule has 0 saturated carbocycles. The molecule has 0 aliphatic carbocycles. The first-order chi connectivity index (χ1) is 10.6. The maximum absolute atomic E-state index is 12.9. The van der Waals surface area contributed by atoms with Crippen LogP contribution in [0.5, 0.6) is 0 Å². The van der Waals surface area contributed by atoms with Gasteiger partial charge in [-0.2, -0.15) is 0 Å².